The fourth-order valence-corrected chi connectivity index (χ4v) is 5.06. The highest BCUT2D eigenvalue weighted by Crippen LogP contribution is 2.34. The largest absolute Gasteiger partial charge is 0.378 e. The van der Waals surface area contributed by atoms with E-state index in [2.05, 4.69) is 16.7 Å². The number of carbonyl (C=O) groups is 3. The molecule has 43 heavy (non-hydrogen) atoms. The number of hydrogen-bond donors (Lipinski definition) is 3. The quantitative estimate of drug-likeness (QED) is 0.136. The monoisotopic (exact) mass is 590 g/mol. The molecule has 0 bridgehead atoms. The minimum Gasteiger partial charge on any atom is -0.378 e. The first-order chi connectivity index (χ1) is 20.4. The van der Waals surface area contributed by atoms with E-state index in [0.717, 1.165) is 23.2 Å². The SMILES string of the molecule is CCC(CC(CC(CC(C)(C)C#N)C(=O)NCOC)C(=O)NCO)c1ccc(C(=O)/C=C/c2ccc(N(C)C)cc2)cc1. The highest BCUT2D eigenvalue weighted by atomic mass is 16.5. The van der Waals surface area contributed by atoms with E-state index >= 15 is 0 Å². The zero-order chi connectivity index (χ0) is 32.0. The summed E-state index contributed by atoms with van der Waals surface area (Å²) in [6, 6.07) is 17.6. The molecule has 232 valence electrons. The molecule has 0 aromatic heterocycles. The van der Waals surface area contributed by atoms with Gasteiger partial charge in [-0.3, -0.25) is 14.4 Å². The number of aliphatic hydroxyl groups excluding tert-OH is 1. The number of rotatable bonds is 17. The minimum atomic E-state index is -0.774. The molecule has 0 aliphatic rings. The van der Waals surface area contributed by atoms with Crippen molar-refractivity contribution >= 4 is 29.4 Å². The number of amides is 2. The zero-order valence-electron chi connectivity index (χ0n) is 26.2. The average Bonchev–Trinajstić information content (AvgIpc) is 3.00. The van der Waals surface area contributed by atoms with Crippen molar-refractivity contribution in [3.05, 3.63) is 71.3 Å². The van der Waals surface area contributed by atoms with Gasteiger partial charge in [0.1, 0.15) is 13.5 Å². The lowest BCUT2D eigenvalue weighted by Crippen LogP contribution is -2.39. The number of hydrogen-bond acceptors (Lipinski definition) is 7. The number of carbonyl (C=O) groups excluding carboxylic acids is 3. The fraction of sp³-hybridized carbons (Fsp3) is 0.471. The van der Waals surface area contributed by atoms with E-state index < -0.39 is 24.0 Å². The van der Waals surface area contributed by atoms with Crippen molar-refractivity contribution in [3.8, 4) is 6.07 Å². The van der Waals surface area contributed by atoms with Crippen LogP contribution in [0.1, 0.15) is 73.9 Å². The Morgan fingerprint density at radius 3 is 2.16 bits per heavy atom. The maximum atomic E-state index is 13.1. The van der Waals surface area contributed by atoms with Gasteiger partial charge in [-0.15, -0.1) is 0 Å². The van der Waals surface area contributed by atoms with Crippen molar-refractivity contribution in [3.63, 3.8) is 0 Å². The van der Waals surface area contributed by atoms with Gasteiger partial charge in [0.25, 0.3) is 0 Å². The van der Waals surface area contributed by atoms with Gasteiger partial charge in [0.15, 0.2) is 5.78 Å². The van der Waals surface area contributed by atoms with Crippen LogP contribution in [-0.2, 0) is 14.3 Å². The molecule has 0 fully saturated rings. The molecule has 2 amide bonds. The van der Waals surface area contributed by atoms with Gasteiger partial charge < -0.3 is 25.4 Å². The molecule has 0 heterocycles. The molecule has 0 saturated carbocycles. The Balaban J connectivity index is 2.22. The van der Waals surface area contributed by atoms with Crippen LogP contribution in [0.25, 0.3) is 6.08 Å². The second-order valence-electron chi connectivity index (χ2n) is 11.6. The van der Waals surface area contributed by atoms with Crippen LogP contribution in [0.2, 0.25) is 0 Å². The molecule has 2 rings (SSSR count). The molecule has 0 saturated heterocycles. The summed E-state index contributed by atoms with van der Waals surface area (Å²) in [5.74, 6) is -1.98. The fourth-order valence-electron chi connectivity index (χ4n) is 5.06. The van der Waals surface area contributed by atoms with Crippen LogP contribution in [-0.4, -0.2) is 57.4 Å². The van der Waals surface area contributed by atoms with Gasteiger partial charge in [0, 0.05) is 44.3 Å². The summed E-state index contributed by atoms with van der Waals surface area (Å²) in [6.45, 7) is 5.06. The Morgan fingerprint density at radius 1 is 1.00 bits per heavy atom. The molecule has 2 aromatic rings. The normalized spacial score (nSPS) is 13.5. The molecule has 0 aliphatic carbocycles. The van der Waals surface area contributed by atoms with Gasteiger partial charge in [0.05, 0.1) is 11.5 Å². The van der Waals surface area contributed by atoms with E-state index in [1.54, 1.807) is 38.1 Å². The second kappa shape index (κ2) is 17.2. The van der Waals surface area contributed by atoms with Crippen molar-refractivity contribution in [1.82, 2.24) is 10.6 Å². The number of nitrogens with zero attached hydrogens (tertiary/aromatic N) is 2. The van der Waals surface area contributed by atoms with Crippen molar-refractivity contribution < 1.29 is 24.2 Å². The number of aliphatic hydroxyl groups is 1. The summed E-state index contributed by atoms with van der Waals surface area (Å²) in [6.07, 6.45) is 4.98. The Bertz CT molecular complexity index is 1260. The minimum absolute atomic E-state index is 0.0242. The Morgan fingerprint density at radius 2 is 1.63 bits per heavy atom. The van der Waals surface area contributed by atoms with Crippen LogP contribution in [0.4, 0.5) is 5.69 Å². The molecule has 2 aromatic carbocycles. The topological polar surface area (TPSA) is 132 Å². The van der Waals surface area contributed by atoms with Crippen molar-refractivity contribution in [2.45, 2.75) is 52.4 Å². The van der Waals surface area contributed by atoms with Crippen LogP contribution in [0, 0.1) is 28.6 Å². The summed E-state index contributed by atoms with van der Waals surface area (Å²) < 4.78 is 4.99. The van der Waals surface area contributed by atoms with Gasteiger partial charge in [-0.2, -0.15) is 5.26 Å². The molecule has 3 atom stereocenters. The van der Waals surface area contributed by atoms with Gasteiger partial charge in [-0.1, -0.05) is 49.4 Å². The van der Waals surface area contributed by atoms with E-state index in [0.29, 0.717) is 12.0 Å². The molecular weight excluding hydrogens is 544 g/mol. The predicted octanol–water partition coefficient (Wildman–Crippen LogP) is 4.88. The smallest absolute Gasteiger partial charge is 0.224 e. The summed E-state index contributed by atoms with van der Waals surface area (Å²) in [5, 5.41) is 24.2. The lowest BCUT2D eigenvalue weighted by atomic mass is 9.76. The molecule has 0 radical (unpaired) electrons. The second-order valence-corrected chi connectivity index (χ2v) is 11.6. The number of allylic oxidation sites excluding steroid dienone is 1. The molecule has 0 aliphatic heterocycles. The standard InChI is InChI=1S/C34H46N4O5/c1-7-25(18-28(32(41)36-22-39)19-29(20-34(2,3)21-35)33(42)37-23-43-6)26-11-13-27(14-12-26)31(40)17-10-24-8-15-30(16-9-24)38(4)5/h8-17,25,28-29,39H,7,18-20,22-23H2,1-6H3,(H,36,41)(H,37,42)/b17-10+. The van der Waals surface area contributed by atoms with Gasteiger partial charge in [0.2, 0.25) is 11.8 Å². The number of ketones is 1. The summed E-state index contributed by atoms with van der Waals surface area (Å²) in [5.41, 5.74) is 2.77. The third kappa shape index (κ3) is 11.3. The lowest BCUT2D eigenvalue weighted by Gasteiger charge is -2.28. The van der Waals surface area contributed by atoms with Crippen LogP contribution in [0.3, 0.4) is 0 Å². The molecular formula is C34H46N4O5. The van der Waals surface area contributed by atoms with Gasteiger partial charge in [-0.25, -0.2) is 0 Å². The number of nitrogens with one attached hydrogen (secondary N) is 2. The number of anilines is 1. The zero-order valence-corrected chi connectivity index (χ0v) is 26.2. The number of ether oxygens (including phenoxy) is 1. The predicted molar refractivity (Wildman–Crippen MR) is 169 cm³/mol. The molecule has 3 N–H and O–H groups in total. The molecule has 9 heteroatoms. The Kier molecular flexibility index (Phi) is 14.1. The van der Waals surface area contributed by atoms with E-state index in [1.165, 1.54) is 7.11 Å². The highest BCUT2D eigenvalue weighted by Gasteiger charge is 2.33. The third-order valence-electron chi connectivity index (χ3n) is 7.58. The first kappa shape index (κ1) is 35.2. The lowest BCUT2D eigenvalue weighted by molar-refractivity contribution is -0.130. The summed E-state index contributed by atoms with van der Waals surface area (Å²) in [7, 11) is 5.42. The third-order valence-corrected chi connectivity index (χ3v) is 7.58. The van der Waals surface area contributed by atoms with E-state index in [1.807, 2.05) is 62.3 Å². The van der Waals surface area contributed by atoms with Crippen LogP contribution in [0.5, 0.6) is 0 Å². The van der Waals surface area contributed by atoms with E-state index in [-0.39, 0.29) is 43.1 Å². The van der Waals surface area contributed by atoms with Gasteiger partial charge in [-0.05, 0) is 74.8 Å². The van der Waals surface area contributed by atoms with Crippen LogP contribution >= 0.6 is 0 Å². The Hall–Kier alpha value is -4.00. The molecule has 3 unspecified atom stereocenters. The number of nitriles is 1. The van der Waals surface area contributed by atoms with Crippen molar-refractivity contribution in [1.29, 1.82) is 5.26 Å². The first-order valence-electron chi connectivity index (χ1n) is 14.6. The molecule has 9 nitrogen and oxygen atoms in total. The number of methoxy groups -OCH3 is 1. The average molecular weight is 591 g/mol. The highest BCUT2D eigenvalue weighted by molar-refractivity contribution is 6.06. The van der Waals surface area contributed by atoms with E-state index in [4.69, 9.17) is 4.74 Å². The maximum Gasteiger partial charge on any atom is 0.224 e. The summed E-state index contributed by atoms with van der Waals surface area (Å²) in [4.78, 5) is 40.9. The van der Waals surface area contributed by atoms with Crippen LogP contribution < -0.4 is 15.5 Å². The Labute approximate surface area is 255 Å². The van der Waals surface area contributed by atoms with Crippen LogP contribution in [0.15, 0.2) is 54.6 Å². The summed E-state index contributed by atoms with van der Waals surface area (Å²) >= 11 is 0. The first-order valence-corrected chi connectivity index (χ1v) is 14.6. The van der Waals surface area contributed by atoms with Crippen molar-refractivity contribution in [2.24, 2.45) is 17.3 Å². The van der Waals surface area contributed by atoms with Crippen molar-refractivity contribution in [2.75, 3.05) is 39.6 Å². The molecule has 0 spiro atoms. The maximum absolute atomic E-state index is 13.1. The van der Waals surface area contributed by atoms with Gasteiger partial charge >= 0.3 is 0 Å². The number of benzene rings is 2. The van der Waals surface area contributed by atoms with E-state index in [9.17, 15) is 24.8 Å².